The third-order valence-electron chi connectivity index (χ3n) is 4.41. The molecule has 3 heterocycles. The second-order valence-corrected chi connectivity index (χ2v) is 6.58. The Labute approximate surface area is 176 Å². The Morgan fingerprint density at radius 1 is 1.19 bits per heavy atom. The van der Waals surface area contributed by atoms with Gasteiger partial charge in [0.1, 0.15) is 34.6 Å². The number of H-pyrrole nitrogens is 1. The Morgan fingerprint density at radius 3 is 2.68 bits per heavy atom. The van der Waals surface area contributed by atoms with Crippen molar-refractivity contribution in [3.05, 3.63) is 76.0 Å². The van der Waals surface area contributed by atoms with Crippen LogP contribution >= 0.6 is 0 Å². The van der Waals surface area contributed by atoms with Crippen molar-refractivity contribution in [3.8, 4) is 17.6 Å². The minimum Gasteiger partial charge on any atom is -0.457 e. The van der Waals surface area contributed by atoms with Gasteiger partial charge in [-0.25, -0.2) is 4.98 Å². The molecule has 0 fully saturated rings. The average molecular weight is 415 g/mol. The van der Waals surface area contributed by atoms with Gasteiger partial charge in [-0.3, -0.25) is 19.7 Å². The van der Waals surface area contributed by atoms with Crippen LogP contribution in [0.1, 0.15) is 21.7 Å². The zero-order valence-corrected chi connectivity index (χ0v) is 16.6. The van der Waals surface area contributed by atoms with E-state index in [1.165, 1.54) is 23.8 Å². The summed E-state index contributed by atoms with van der Waals surface area (Å²) in [6.07, 6.45) is 1.49. The van der Waals surface area contributed by atoms with Gasteiger partial charge in [0.25, 0.3) is 11.5 Å². The van der Waals surface area contributed by atoms with Gasteiger partial charge in [-0.05, 0) is 37.3 Å². The zero-order valence-electron chi connectivity index (χ0n) is 16.6. The molecule has 4 rings (SSSR count). The highest BCUT2D eigenvalue weighted by atomic mass is 16.5. The number of rotatable bonds is 5. The summed E-state index contributed by atoms with van der Waals surface area (Å²) in [5.41, 5.74) is 1.65. The van der Waals surface area contributed by atoms with Crippen LogP contribution < -0.4 is 20.9 Å². The molecule has 0 bridgehead atoms. The number of carbonyl (C=O) groups excluding carboxylic acids is 1. The van der Waals surface area contributed by atoms with Crippen LogP contribution in [0.4, 0.5) is 11.5 Å². The van der Waals surface area contributed by atoms with E-state index in [0.717, 1.165) is 0 Å². The van der Waals surface area contributed by atoms with Crippen LogP contribution in [-0.4, -0.2) is 32.5 Å². The van der Waals surface area contributed by atoms with Crippen molar-refractivity contribution in [3.63, 3.8) is 0 Å². The first-order chi connectivity index (χ1) is 15.0. The number of anilines is 2. The van der Waals surface area contributed by atoms with Gasteiger partial charge in [0.15, 0.2) is 5.65 Å². The number of nitriles is 1. The summed E-state index contributed by atoms with van der Waals surface area (Å²) in [7, 11) is 1.53. The second-order valence-electron chi connectivity index (χ2n) is 6.58. The molecular formula is C21H17N7O3. The van der Waals surface area contributed by atoms with Crippen LogP contribution in [0.2, 0.25) is 0 Å². The molecule has 0 aliphatic heterocycles. The normalized spacial score (nSPS) is 10.5. The van der Waals surface area contributed by atoms with Crippen LogP contribution in [0.3, 0.4) is 0 Å². The molecule has 0 aliphatic rings. The van der Waals surface area contributed by atoms with Crippen molar-refractivity contribution in [2.24, 2.45) is 0 Å². The molecule has 0 unspecified atom stereocenters. The Morgan fingerprint density at radius 2 is 1.97 bits per heavy atom. The van der Waals surface area contributed by atoms with E-state index in [0.29, 0.717) is 28.7 Å². The molecule has 3 N–H and O–H groups in total. The number of aryl methyl sites for hydroxylation is 1. The molecule has 0 atom stereocenters. The number of aromatic amines is 1. The number of hydrogen-bond donors (Lipinski definition) is 3. The predicted octanol–water partition coefficient (Wildman–Crippen LogP) is 2.49. The van der Waals surface area contributed by atoms with E-state index in [1.807, 2.05) is 0 Å². The van der Waals surface area contributed by atoms with Crippen molar-refractivity contribution >= 4 is 23.1 Å². The lowest BCUT2D eigenvalue weighted by Crippen LogP contribution is -2.18. The fourth-order valence-corrected chi connectivity index (χ4v) is 2.96. The van der Waals surface area contributed by atoms with Crippen molar-refractivity contribution in [1.82, 2.24) is 24.9 Å². The van der Waals surface area contributed by atoms with E-state index in [2.05, 4.69) is 31.8 Å². The van der Waals surface area contributed by atoms with Crippen LogP contribution in [-0.2, 0) is 0 Å². The first kappa shape index (κ1) is 19.7. The molecule has 1 aromatic carbocycles. The van der Waals surface area contributed by atoms with Gasteiger partial charge in [-0.2, -0.15) is 9.78 Å². The van der Waals surface area contributed by atoms with Gasteiger partial charge in [-0.1, -0.05) is 0 Å². The minimum atomic E-state index is -0.305. The quantitative estimate of drug-likeness (QED) is 0.455. The fraction of sp³-hybridized carbons (Fsp3) is 0.0952. The number of ether oxygens (including phenoxy) is 1. The predicted molar refractivity (Wildman–Crippen MR) is 113 cm³/mol. The number of benzene rings is 1. The van der Waals surface area contributed by atoms with E-state index < -0.39 is 0 Å². The maximum atomic E-state index is 12.1. The second kappa shape index (κ2) is 8.00. The van der Waals surface area contributed by atoms with Gasteiger partial charge in [0.05, 0.1) is 0 Å². The first-order valence-electron chi connectivity index (χ1n) is 9.24. The number of nitrogens with one attached hydrogen (secondary N) is 3. The first-order valence-corrected chi connectivity index (χ1v) is 9.24. The highest BCUT2D eigenvalue weighted by Crippen LogP contribution is 2.26. The van der Waals surface area contributed by atoms with E-state index in [4.69, 9.17) is 4.74 Å². The van der Waals surface area contributed by atoms with Crippen molar-refractivity contribution in [1.29, 1.82) is 5.26 Å². The van der Waals surface area contributed by atoms with Crippen molar-refractivity contribution < 1.29 is 9.53 Å². The van der Waals surface area contributed by atoms with Crippen molar-refractivity contribution in [2.45, 2.75) is 6.92 Å². The number of aromatic nitrogens is 4. The Hall–Kier alpha value is -4.65. The summed E-state index contributed by atoms with van der Waals surface area (Å²) in [6.45, 7) is 1.70. The van der Waals surface area contributed by atoms with Crippen molar-refractivity contribution in [2.75, 3.05) is 12.4 Å². The number of hydrogen-bond acceptors (Lipinski definition) is 7. The third-order valence-corrected chi connectivity index (χ3v) is 4.41. The lowest BCUT2D eigenvalue weighted by Gasteiger charge is -2.08. The van der Waals surface area contributed by atoms with E-state index in [1.54, 1.807) is 43.3 Å². The molecule has 1 amide bonds. The number of pyridine rings is 1. The Balaban J connectivity index is 1.56. The zero-order chi connectivity index (χ0) is 22.0. The van der Waals surface area contributed by atoms with Gasteiger partial charge in [0, 0.05) is 36.8 Å². The maximum absolute atomic E-state index is 12.1. The number of amides is 1. The largest absolute Gasteiger partial charge is 0.457 e. The molecule has 31 heavy (non-hydrogen) atoms. The molecule has 154 valence electrons. The number of nitrogens with zero attached hydrogens (tertiary/aromatic N) is 4. The Kier molecular flexibility index (Phi) is 5.07. The molecule has 10 nitrogen and oxygen atoms in total. The van der Waals surface area contributed by atoms with Crippen LogP contribution in [0, 0.1) is 18.3 Å². The average Bonchev–Trinajstić information content (AvgIpc) is 3.12. The fourth-order valence-electron chi connectivity index (χ4n) is 2.96. The smallest absolute Gasteiger partial charge is 0.272 e. The molecule has 0 radical (unpaired) electrons. The van der Waals surface area contributed by atoms with E-state index in [9.17, 15) is 14.9 Å². The third kappa shape index (κ3) is 3.92. The molecule has 4 aromatic rings. The summed E-state index contributed by atoms with van der Waals surface area (Å²) >= 11 is 0. The summed E-state index contributed by atoms with van der Waals surface area (Å²) < 4.78 is 7.00. The summed E-state index contributed by atoms with van der Waals surface area (Å²) in [5, 5.41) is 18.0. The highest BCUT2D eigenvalue weighted by molar-refractivity contribution is 5.92. The molecule has 0 aliphatic carbocycles. The lowest BCUT2D eigenvalue weighted by atomic mass is 10.2. The maximum Gasteiger partial charge on any atom is 0.272 e. The van der Waals surface area contributed by atoms with Crippen LogP contribution in [0.5, 0.6) is 11.5 Å². The molecule has 10 heteroatoms. The topological polar surface area (TPSA) is 137 Å². The van der Waals surface area contributed by atoms with Gasteiger partial charge in [0.2, 0.25) is 0 Å². The van der Waals surface area contributed by atoms with Gasteiger partial charge in [-0.15, -0.1) is 0 Å². The summed E-state index contributed by atoms with van der Waals surface area (Å²) in [6, 6.07) is 13.6. The summed E-state index contributed by atoms with van der Waals surface area (Å²) in [5.74, 6) is 1.07. The Bertz CT molecular complexity index is 1380. The van der Waals surface area contributed by atoms with Gasteiger partial charge >= 0.3 is 0 Å². The monoisotopic (exact) mass is 415 g/mol. The molecular weight excluding hydrogens is 398 g/mol. The minimum absolute atomic E-state index is 0.236. The highest BCUT2D eigenvalue weighted by Gasteiger charge is 2.15. The molecule has 0 saturated heterocycles. The van der Waals surface area contributed by atoms with E-state index >= 15 is 0 Å². The molecule has 0 saturated carbocycles. The standard InChI is InChI=1S/C21H17N7O3/c1-12-9-18(29)28-20(25-12)16(11-22)19(27-28)26-13-3-5-14(6-4-13)31-15-7-8-24-17(10-15)21(30)23-2/h3-10,26-27H,1-2H3,(H,23,30). The van der Waals surface area contributed by atoms with E-state index in [-0.39, 0.29) is 28.4 Å². The number of fused-ring (bicyclic) bond motifs is 1. The van der Waals surface area contributed by atoms with Crippen LogP contribution in [0.15, 0.2) is 53.5 Å². The van der Waals surface area contributed by atoms with Crippen LogP contribution in [0.25, 0.3) is 5.65 Å². The SMILES string of the molecule is CNC(=O)c1cc(Oc2ccc(Nc3[nH]n4c(=O)cc(C)nc4c3C#N)cc2)ccn1. The lowest BCUT2D eigenvalue weighted by molar-refractivity contribution is 0.0958. The van der Waals surface area contributed by atoms with Gasteiger partial charge < -0.3 is 15.4 Å². The summed E-state index contributed by atoms with van der Waals surface area (Å²) in [4.78, 5) is 32.1. The molecule has 3 aromatic heterocycles. The molecule has 0 spiro atoms. The number of carbonyl (C=O) groups is 1.